The Bertz CT molecular complexity index is 2540. The van der Waals surface area contributed by atoms with E-state index < -0.39 is 0 Å². The minimum atomic E-state index is -0.0881. The summed E-state index contributed by atoms with van der Waals surface area (Å²) in [4.78, 5) is 5.21. The highest BCUT2D eigenvalue weighted by Gasteiger charge is 2.38. The van der Waals surface area contributed by atoms with Gasteiger partial charge in [-0.1, -0.05) is 129 Å². The van der Waals surface area contributed by atoms with Gasteiger partial charge in [0.2, 0.25) is 0 Å². The van der Waals surface area contributed by atoms with Gasteiger partial charge < -0.3 is 4.57 Å². The topological polar surface area (TPSA) is 17.8 Å². The zero-order valence-corrected chi connectivity index (χ0v) is 26.5. The lowest BCUT2D eigenvalue weighted by atomic mass is 9.78. The first-order chi connectivity index (χ1) is 23.1. The molecule has 0 aliphatic heterocycles. The van der Waals surface area contributed by atoms with Crippen LogP contribution in [0, 0.1) is 0 Å². The summed E-state index contributed by atoms with van der Waals surface area (Å²) in [6.07, 6.45) is 5.59. The summed E-state index contributed by atoms with van der Waals surface area (Å²) in [6.45, 7) is 4.80. The van der Waals surface area contributed by atoms with Gasteiger partial charge in [-0.2, -0.15) is 0 Å². The van der Waals surface area contributed by atoms with Crippen LogP contribution in [0.4, 0.5) is 0 Å². The van der Waals surface area contributed by atoms with Gasteiger partial charge in [-0.3, -0.25) is 0 Å². The van der Waals surface area contributed by atoms with Crippen molar-refractivity contribution in [3.8, 4) is 39.3 Å². The molecule has 8 aromatic rings. The molecule has 0 saturated carbocycles. The van der Waals surface area contributed by atoms with Gasteiger partial charge in [0.1, 0.15) is 0 Å². The van der Waals surface area contributed by atoms with Gasteiger partial charge in [-0.25, -0.2) is 4.98 Å². The molecular weight excluding hydrogens is 569 g/mol. The number of benzene rings is 6. The first kappa shape index (κ1) is 26.5. The van der Waals surface area contributed by atoms with Gasteiger partial charge in [-0.15, -0.1) is 0 Å². The van der Waals surface area contributed by atoms with Crippen LogP contribution in [-0.2, 0) is 11.8 Å². The third kappa shape index (κ3) is 3.70. The Labute approximate surface area is 274 Å². The number of nitrogens with zero attached hydrogens (tertiary/aromatic N) is 2. The van der Waals surface area contributed by atoms with Crippen molar-refractivity contribution < 1.29 is 0 Å². The molecule has 2 nitrogen and oxygen atoms in total. The SMILES string of the molecule is CC1(C)c2ccccc2-c2cc3c4c(c5c(cc4c21)c1ccccc1n5-c1cc(-c2ccccc2)nc(-c2ccccc2)c1)CC=C3. The van der Waals surface area contributed by atoms with Gasteiger partial charge in [0, 0.05) is 27.3 Å². The zero-order chi connectivity index (χ0) is 31.3. The number of hydrogen-bond donors (Lipinski definition) is 0. The summed E-state index contributed by atoms with van der Waals surface area (Å²) in [5.74, 6) is 0. The molecule has 0 bridgehead atoms. The zero-order valence-electron chi connectivity index (χ0n) is 26.5. The van der Waals surface area contributed by atoms with Crippen molar-refractivity contribution in [3.63, 3.8) is 0 Å². The highest BCUT2D eigenvalue weighted by atomic mass is 15.0. The molecule has 2 heteroatoms. The number of para-hydroxylation sites is 1. The molecular formula is C45H32N2. The molecule has 6 aromatic carbocycles. The van der Waals surface area contributed by atoms with Crippen LogP contribution in [0.2, 0.25) is 0 Å². The van der Waals surface area contributed by atoms with Crippen molar-refractivity contribution in [3.05, 3.63) is 162 Å². The molecule has 2 aromatic heterocycles. The second-order valence-corrected chi connectivity index (χ2v) is 13.5. The summed E-state index contributed by atoms with van der Waals surface area (Å²) in [5, 5.41) is 5.37. The summed E-state index contributed by atoms with van der Waals surface area (Å²) >= 11 is 0. The van der Waals surface area contributed by atoms with E-state index in [-0.39, 0.29) is 5.41 Å². The number of aromatic nitrogens is 2. The van der Waals surface area contributed by atoms with Gasteiger partial charge in [0.15, 0.2) is 0 Å². The van der Waals surface area contributed by atoms with Crippen molar-refractivity contribution in [2.24, 2.45) is 0 Å². The van der Waals surface area contributed by atoms with E-state index in [4.69, 9.17) is 4.98 Å². The second kappa shape index (κ2) is 9.64. The maximum atomic E-state index is 5.21. The van der Waals surface area contributed by atoms with E-state index in [0.717, 1.165) is 34.6 Å². The lowest BCUT2D eigenvalue weighted by Crippen LogP contribution is -2.16. The van der Waals surface area contributed by atoms with E-state index in [1.807, 2.05) is 0 Å². The van der Waals surface area contributed by atoms with Gasteiger partial charge >= 0.3 is 0 Å². The monoisotopic (exact) mass is 600 g/mol. The average molecular weight is 601 g/mol. The number of fused-ring (bicyclic) bond motifs is 8. The van der Waals surface area contributed by atoms with Gasteiger partial charge in [-0.05, 0) is 80.9 Å². The Morgan fingerprint density at radius 1 is 0.617 bits per heavy atom. The highest BCUT2D eigenvalue weighted by Crippen LogP contribution is 2.54. The van der Waals surface area contributed by atoms with Gasteiger partial charge in [0.05, 0.1) is 28.1 Å². The first-order valence-corrected chi connectivity index (χ1v) is 16.5. The Kier molecular flexibility index (Phi) is 5.43. The lowest BCUT2D eigenvalue weighted by Gasteiger charge is -2.26. The Balaban J connectivity index is 1.35. The molecule has 2 aliphatic carbocycles. The van der Waals surface area contributed by atoms with Crippen LogP contribution in [0.15, 0.2) is 140 Å². The fourth-order valence-corrected chi connectivity index (χ4v) is 8.52. The number of allylic oxidation sites excluding steroid dienone is 1. The maximum absolute atomic E-state index is 5.21. The fraction of sp³-hybridized carbons (Fsp3) is 0.0889. The Hall–Kier alpha value is -5.73. The molecule has 47 heavy (non-hydrogen) atoms. The molecule has 10 rings (SSSR count). The van der Waals surface area contributed by atoms with Crippen LogP contribution < -0.4 is 0 Å². The van der Waals surface area contributed by atoms with Crippen LogP contribution in [0.25, 0.3) is 78.0 Å². The first-order valence-electron chi connectivity index (χ1n) is 16.5. The van der Waals surface area contributed by atoms with Crippen LogP contribution >= 0.6 is 0 Å². The Morgan fingerprint density at radius 2 is 1.28 bits per heavy atom. The summed E-state index contributed by atoms with van der Waals surface area (Å²) < 4.78 is 2.51. The minimum absolute atomic E-state index is 0.0881. The van der Waals surface area contributed by atoms with Crippen LogP contribution in [0.5, 0.6) is 0 Å². The molecule has 0 fully saturated rings. The van der Waals surface area contributed by atoms with Crippen molar-refractivity contribution in [1.29, 1.82) is 0 Å². The van der Waals surface area contributed by atoms with Gasteiger partial charge in [0.25, 0.3) is 0 Å². The third-order valence-electron chi connectivity index (χ3n) is 10.5. The molecule has 0 atom stereocenters. The number of hydrogen-bond acceptors (Lipinski definition) is 1. The van der Waals surface area contributed by atoms with Crippen LogP contribution in [-0.4, -0.2) is 9.55 Å². The van der Waals surface area contributed by atoms with Crippen LogP contribution in [0.3, 0.4) is 0 Å². The molecule has 0 unspecified atom stereocenters. The molecule has 0 saturated heterocycles. The minimum Gasteiger partial charge on any atom is -0.309 e. The summed E-state index contributed by atoms with van der Waals surface area (Å²) in [6, 6.07) is 48.5. The van der Waals surface area contributed by atoms with Crippen LogP contribution in [0.1, 0.15) is 36.1 Å². The highest BCUT2D eigenvalue weighted by molar-refractivity contribution is 6.19. The van der Waals surface area contributed by atoms with E-state index in [0.29, 0.717) is 0 Å². The van der Waals surface area contributed by atoms with Crippen molar-refractivity contribution in [2.45, 2.75) is 25.7 Å². The molecule has 222 valence electrons. The molecule has 0 radical (unpaired) electrons. The molecule has 0 N–H and O–H groups in total. The molecule has 2 aliphatic rings. The van der Waals surface area contributed by atoms with E-state index in [9.17, 15) is 0 Å². The standard InChI is InChI=1S/C45H32N2/c1-45(2)38-22-11-9-19-32(38)35-24-30-18-13-21-34-42(30)37(43(35)45)27-36-33-20-10-12-23-41(33)47(44(34)36)31-25-39(28-14-5-3-6-15-28)46-40(26-31)29-16-7-4-8-17-29/h3-20,22-27H,21H2,1-2H3. The normalized spacial score (nSPS) is 14.2. The molecule has 0 amide bonds. The quantitative estimate of drug-likeness (QED) is 0.197. The molecule has 0 spiro atoms. The van der Waals surface area contributed by atoms with Crippen molar-refractivity contribution in [1.82, 2.24) is 9.55 Å². The van der Waals surface area contributed by atoms with Crippen molar-refractivity contribution >= 4 is 38.7 Å². The number of rotatable bonds is 3. The fourth-order valence-electron chi connectivity index (χ4n) is 8.52. The largest absolute Gasteiger partial charge is 0.309 e. The average Bonchev–Trinajstić information content (AvgIpc) is 3.58. The maximum Gasteiger partial charge on any atom is 0.0730 e. The smallest absolute Gasteiger partial charge is 0.0730 e. The summed E-state index contributed by atoms with van der Waals surface area (Å²) in [7, 11) is 0. The predicted octanol–water partition coefficient (Wildman–Crippen LogP) is 11.5. The van der Waals surface area contributed by atoms with E-state index >= 15 is 0 Å². The van der Waals surface area contributed by atoms with Crippen molar-refractivity contribution in [2.75, 3.05) is 0 Å². The van der Waals surface area contributed by atoms with E-state index in [1.54, 1.807) is 0 Å². The third-order valence-corrected chi connectivity index (χ3v) is 10.5. The predicted molar refractivity (Wildman–Crippen MR) is 197 cm³/mol. The number of pyridine rings is 1. The molecule has 2 heterocycles. The lowest BCUT2D eigenvalue weighted by molar-refractivity contribution is 0.666. The Morgan fingerprint density at radius 3 is 2.02 bits per heavy atom. The second-order valence-electron chi connectivity index (χ2n) is 13.5. The van der Waals surface area contributed by atoms with E-state index in [2.05, 4.69) is 164 Å². The van der Waals surface area contributed by atoms with E-state index in [1.165, 1.54) is 66.0 Å². The summed E-state index contributed by atoms with van der Waals surface area (Å²) in [5.41, 5.74) is 16.1.